The number of nitrogens with zero attached hydrogens (tertiary/aromatic N) is 1. The number of benzene rings is 1. The monoisotopic (exact) mass is 264 g/mol. The number of likely N-dealkylation sites (N-methyl/N-ethyl adjacent to an activating group) is 1. The van der Waals surface area contributed by atoms with Crippen LogP contribution in [0.2, 0.25) is 0 Å². The van der Waals surface area contributed by atoms with E-state index in [1.807, 2.05) is 19.9 Å². The van der Waals surface area contributed by atoms with Crippen molar-refractivity contribution in [3.63, 3.8) is 0 Å². The van der Waals surface area contributed by atoms with Gasteiger partial charge in [-0.1, -0.05) is 12.1 Å². The molecule has 19 heavy (non-hydrogen) atoms. The predicted octanol–water partition coefficient (Wildman–Crippen LogP) is 1.60. The first-order valence-corrected chi connectivity index (χ1v) is 6.31. The van der Waals surface area contributed by atoms with Crippen molar-refractivity contribution < 1.29 is 14.3 Å². The first-order chi connectivity index (χ1) is 9.01. The fraction of sp³-hybridized carbons (Fsp3) is 0.429. The van der Waals surface area contributed by atoms with Gasteiger partial charge in [0.15, 0.2) is 0 Å². The summed E-state index contributed by atoms with van der Waals surface area (Å²) < 4.78 is 4.86. The lowest BCUT2D eigenvalue weighted by Gasteiger charge is -2.21. The SMILES string of the molecule is CCOC(=O)CN(CC)C(=O)c1c(C)cccc1N. The predicted molar refractivity (Wildman–Crippen MR) is 73.8 cm³/mol. The van der Waals surface area contributed by atoms with E-state index in [4.69, 9.17) is 10.5 Å². The second-order valence-corrected chi connectivity index (χ2v) is 4.16. The number of amides is 1. The number of ether oxygens (including phenoxy) is 1. The van der Waals surface area contributed by atoms with E-state index >= 15 is 0 Å². The van der Waals surface area contributed by atoms with Gasteiger partial charge in [0.1, 0.15) is 6.54 Å². The van der Waals surface area contributed by atoms with E-state index in [1.54, 1.807) is 19.1 Å². The Kier molecular flexibility index (Phi) is 5.36. The Hall–Kier alpha value is -2.04. The van der Waals surface area contributed by atoms with Crippen molar-refractivity contribution in [1.82, 2.24) is 4.90 Å². The molecular weight excluding hydrogens is 244 g/mol. The number of hydrogen-bond acceptors (Lipinski definition) is 4. The molecule has 0 aliphatic heterocycles. The zero-order valence-electron chi connectivity index (χ0n) is 11.6. The Morgan fingerprint density at radius 2 is 2.00 bits per heavy atom. The number of hydrogen-bond donors (Lipinski definition) is 1. The molecule has 5 nitrogen and oxygen atoms in total. The highest BCUT2D eigenvalue weighted by atomic mass is 16.5. The van der Waals surface area contributed by atoms with Crippen LogP contribution in [0, 0.1) is 6.92 Å². The highest BCUT2D eigenvalue weighted by Gasteiger charge is 2.21. The Morgan fingerprint density at radius 3 is 2.53 bits per heavy atom. The standard InChI is InChI=1S/C14H20N2O3/c1-4-16(9-12(17)19-5-2)14(18)13-10(3)7-6-8-11(13)15/h6-8H,4-5,9,15H2,1-3H3. The molecule has 0 atom stereocenters. The third kappa shape index (κ3) is 3.71. The average molecular weight is 264 g/mol. The Bertz CT molecular complexity index is 452. The number of carbonyl (C=O) groups excluding carboxylic acids is 2. The second kappa shape index (κ2) is 6.78. The Balaban J connectivity index is 2.93. The van der Waals surface area contributed by atoms with Crippen LogP contribution < -0.4 is 5.73 Å². The molecule has 0 heterocycles. The van der Waals surface area contributed by atoms with Gasteiger partial charge in [-0.05, 0) is 32.4 Å². The van der Waals surface area contributed by atoms with Gasteiger partial charge in [0, 0.05) is 12.2 Å². The minimum Gasteiger partial charge on any atom is -0.465 e. The molecule has 0 radical (unpaired) electrons. The first kappa shape index (κ1) is 15.0. The van der Waals surface area contributed by atoms with E-state index < -0.39 is 5.97 Å². The van der Waals surface area contributed by atoms with Crippen LogP contribution in [0.1, 0.15) is 29.8 Å². The molecule has 0 fully saturated rings. The van der Waals surface area contributed by atoms with Crippen LogP contribution >= 0.6 is 0 Å². The van der Waals surface area contributed by atoms with E-state index in [-0.39, 0.29) is 12.5 Å². The normalized spacial score (nSPS) is 10.1. The van der Waals surface area contributed by atoms with Gasteiger partial charge in [-0.15, -0.1) is 0 Å². The molecule has 104 valence electrons. The van der Waals surface area contributed by atoms with Gasteiger partial charge in [0.25, 0.3) is 5.91 Å². The van der Waals surface area contributed by atoms with Crippen molar-refractivity contribution in [3.05, 3.63) is 29.3 Å². The van der Waals surface area contributed by atoms with E-state index in [9.17, 15) is 9.59 Å². The first-order valence-electron chi connectivity index (χ1n) is 6.31. The quantitative estimate of drug-likeness (QED) is 0.647. The third-order valence-electron chi connectivity index (χ3n) is 2.81. The van der Waals surface area contributed by atoms with Crippen LogP contribution in [0.3, 0.4) is 0 Å². The lowest BCUT2D eigenvalue weighted by Crippen LogP contribution is -2.37. The van der Waals surface area contributed by atoms with Gasteiger partial charge in [-0.25, -0.2) is 0 Å². The molecule has 1 aromatic carbocycles. The highest BCUT2D eigenvalue weighted by molar-refractivity contribution is 6.01. The summed E-state index contributed by atoms with van der Waals surface area (Å²) in [4.78, 5) is 25.3. The lowest BCUT2D eigenvalue weighted by atomic mass is 10.1. The molecule has 0 saturated heterocycles. The van der Waals surface area contributed by atoms with E-state index in [2.05, 4.69) is 0 Å². The number of carbonyl (C=O) groups is 2. The number of nitrogens with two attached hydrogens (primary N) is 1. The zero-order chi connectivity index (χ0) is 14.4. The number of rotatable bonds is 5. The molecule has 0 bridgehead atoms. The molecule has 1 rings (SSSR count). The minimum absolute atomic E-state index is 0.0586. The van der Waals surface area contributed by atoms with Crippen LogP contribution in [0.25, 0.3) is 0 Å². The van der Waals surface area contributed by atoms with E-state index in [0.29, 0.717) is 24.4 Å². The van der Waals surface area contributed by atoms with Crippen molar-refractivity contribution in [2.24, 2.45) is 0 Å². The molecular formula is C14H20N2O3. The fourth-order valence-electron chi connectivity index (χ4n) is 1.83. The topological polar surface area (TPSA) is 72.6 Å². The molecule has 0 unspecified atom stereocenters. The summed E-state index contributed by atoms with van der Waals surface area (Å²) in [5.74, 6) is -0.656. The maximum Gasteiger partial charge on any atom is 0.325 e. The molecule has 5 heteroatoms. The third-order valence-corrected chi connectivity index (χ3v) is 2.81. The van der Waals surface area contributed by atoms with Gasteiger partial charge in [-0.3, -0.25) is 9.59 Å². The summed E-state index contributed by atoms with van der Waals surface area (Å²) in [6.45, 7) is 6.03. The van der Waals surface area contributed by atoms with Crippen LogP contribution in [0.15, 0.2) is 18.2 Å². The maximum atomic E-state index is 12.4. The largest absolute Gasteiger partial charge is 0.465 e. The minimum atomic E-state index is -0.412. The summed E-state index contributed by atoms with van der Waals surface area (Å²) in [6, 6.07) is 5.29. The van der Waals surface area contributed by atoms with Crippen molar-refractivity contribution in [3.8, 4) is 0 Å². The summed E-state index contributed by atoms with van der Waals surface area (Å²) in [6.07, 6.45) is 0. The summed E-state index contributed by atoms with van der Waals surface area (Å²) in [5, 5.41) is 0. The summed E-state index contributed by atoms with van der Waals surface area (Å²) >= 11 is 0. The molecule has 0 aromatic heterocycles. The maximum absolute atomic E-state index is 12.4. The van der Waals surface area contributed by atoms with Crippen LogP contribution in [-0.2, 0) is 9.53 Å². The molecule has 0 aliphatic carbocycles. The fourth-order valence-corrected chi connectivity index (χ4v) is 1.83. The Morgan fingerprint density at radius 1 is 1.32 bits per heavy atom. The van der Waals surface area contributed by atoms with Crippen molar-refractivity contribution in [2.75, 3.05) is 25.4 Å². The van der Waals surface area contributed by atoms with Gasteiger partial charge in [0.2, 0.25) is 0 Å². The van der Waals surface area contributed by atoms with Crippen LogP contribution in [0.5, 0.6) is 0 Å². The highest BCUT2D eigenvalue weighted by Crippen LogP contribution is 2.18. The smallest absolute Gasteiger partial charge is 0.325 e. The molecule has 0 aliphatic rings. The zero-order valence-corrected chi connectivity index (χ0v) is 11.6. The van der Waals surface area contributed by atoms with Gasteiger partial charge < -0.3 is 15.4 Å². The van der Waals surface area contributed by atoms with Crippen LogP contribution in [0.4, 0.5) is 5.69 Å². The molecule has 0 spiro atoms. The van der Waals surface area contributed by atoms with Crippen LogP contribution in [-0.4, -0.2) is 36.5 Å². The van der Waals surface area contributed by atoms with Crippen molar-refractivity contribution in [1.29, 1.82) is 0 Å². The molecule has 0 saturated carbocycles. The van der Waals surface area contributed by atoms with Crippen molar-refractivity contribution >= 4 is 17.6 Å². The Labute approximate surface area is 113 Å². The summed E-state index contributed by atoms with van der Waals surface area (Å²) in [5.41, 5.74) is 7.51. The molecule has 1 aromatic rings. The number of nitrogen functional groups attached to an aromatic ring is 1. The second-order valence-electron chi connectivity index (χ2n) is 4.16. The van der Waals surface area contributed by atoms with Crippen molar-refractivity contribution in [2.45, 2.75) is 20.8 Å². The molecule has 2 N–H and O–H groups in total. The van der Waals surface area contributed by atoms with E-state index in [1.165, 1.54) is 4.90 Å². The summed E-state index contributed by atoms with van der Waals surface area (Å²) in [7, 11) is 0. The lowest BCUT2D eigenvalue weighted by molar-refractivity contribution is -0.143. The van der Waals surface area contributed by atoms with Gasteiger partial charge in [-0.2, -0.15) is 0 Å². The van der Waals surface area contributed by atoms with Gasteiger partial charge >= 0.3 is 5.97 Å². The van der Waals surface area contributed by atoms with E-state index in [0.717, 1.165) is 5.56 Å². The number of aryl methyl sites for hydroxylation is 1. The van der Waals surface area contributed by atoms with Gasteiger partial charge in [0.05, 0.1) is 12.2 Å². The number of esters is 1. The average Bonchev–Trinajstić information content (AvgIpc) is 2.35. The molecule has 1 amide bonds. The number of anilines is 1.